The zero-order valence-corrected chi connectivity index (χ0v) is 16.6. The van der Waals surface area contributed by atoms with Gasteiger partial charge in [-0.2, -0.15) is 0 Å². The van der Waals surface area contributed by atoms with Gasteiger partial charge in [-0.3, -0.25) is 4.72 Å². The normalized spacial score (nSPS) is 14.9. The lowest BCUT2D eigenvalue weighted by atomic mass is 10.1. The summed E-state index contributed by atoms with van der Waals surface area (Å²) in [6.07, 6.45) is 3.11. The summed E-state index contributed by atoms with van der Waals surface area (Å²) in [6.45, 7) is 1.58. The summed E-state index contributed by atoms with van der Waals surface area (Å²) in [5, 5.41) is 0. The van der Waals surface area contributed by atoms with E-state index in [0.717, 1.165) is 43.9 Å². The Bertz CT molecular complexity index is 861. The van der Waals surface area contributed by atoms with E-state index in [1.807, 2.05) is 0 Å². The van der Waals surface area contributed by atoms with Crippen LogP contribution < -0.4 is 15.4 Å². The molecular formula is C16H20Cl2F2N4O2S. The molecule has 1 saturated heterocycles. The number of hydrogen-bond acceptors (Lipinski definition) is 5. The third kappa shape index (κ3) is 5.65. The van der Waals surface area contributed by atoms with E-state index in [0.29, 0.717) is 6.07 Å². The van der Waals surface area contributed by atoms with Crippen molar-refractivity contribution in [3.8, 4) is 0 Å². The third-order valence-corrected chi connectivity index (χ3v) is 5.46. The Balaban J connectivity index is 0.00000182. The van der Waals surface area contributed by atoms with Gasteiger partial charge in [-0.25, -0.2) is 22.2 Å². The number of nitrogens with two attached hydrogens (primary N) is 1. The first-order valence-electron chi connectivity index (χ1n) is 7.79. The minimum Gasteiger partial charge on any atom is -0.357 e. The highest BCUT2D eigenvalue weighted by atomic mass is 35.5. The summed E-state index contributed by atoms with van der Waals surface area (Å²) in [5.74, 6) is -1.27. The second-order valence-electron chi connectivity index (χ2n) is 5.91. The SMILES string of the molecule is Cl.Cl.NC1CCN(c2ccc(NS(=O)(=O)c3ccc(F)cc3F)cn2)CC1. The van der Waals surface area contributed by atoms with E-state index in [9.17, 15) is 17.2 Å². The quantitative estimate of drug-likeness (QED) is 0.762. The summed E-state index contributed by atoms with van der Waals surface area (Å²) in [4.78, 5) is 5.69. The zero-order chi connectivity index (χ0) is 18.0. The highest BCUT2D eigenvalue weighted by Crippen LogP contribution is 2.22. The van der Waals surface area contributed by atoms with Crippen LogP contribution in [-0.4, -0.2) is 32.5 Å². The smallest absolute Gasteiger partial charge is 0.264 e. The van der Waals surface area contributed by atoms with Crippen LogP contribution in [0.4, 0.5) is 20.3 Å². The number of anilines is 2. The molecule has 0 bridgehead atoms. The predicted molar refractivity (Wildman–Crippen MR) is 105 cm³/mol. The number of nitrogens with zero attached hydrogens (tertiary/aromatic N) is 2. The summed E-state index contributed by atoms with van der Waals surface area (Å²) >= 11 is 0. The molecule has 1 aliphatic rings. The van der Waals surface area contributed by atoms with Crippen LogP contribution in [0.3, 0.4) is 0 Å². The maximum atomic E-state index is 13.7. The second-order valence-corrected chi connectivity index (χ2v) is 7.56. The van der Waals surface area contributed by atoms with E-state index in [-0.39, 0.29) is 36.5 Å². The van der Waals surface area contributed by atoms with Gasteiger partial charge in [0.05, 0.1) is 11.9 Å². The zero-order valence-electron chi connectivity index (χ0n) is 14.1. The van der Waals surface area contributed by atoms with Crippen LogP contribution in [0.1, 0.15) is 12.8 Å². The largest absolute Gasteiger partial charge is 0.357 e. The van der Waals surface area contributed by atoms with Crippen molar-refractivity contribution >= 4 is 46.3 Å². The molecule has 0 aliphatic carbocycles. The molecule has 150 valence electrons. The second kappa shape index (κ2) is 9.50. The van der Waals surface area contributed by atoms with Crippen molar-refractivity contribution < 1.29 is 17.2 Å². The van der Waals surface area contributed by atoms with Crippen LogP contribution in [0.25, 0.3) is 0 Å². The fourth-order valence-corrected chi connectivity index (χ4v) is 3.77. The van der Waals surface area contributed by atoms with Gasteiger partial charge in [0.15, 0.2) is 0 Å². The van der Waals surface area contributed by atoms with Crippen LogP contribution >= 0.6 is 24.8 Å². The molecule has 1 aromatic heterocycles. The Labute approximate surface area is 169 Å². The van der Waals surface area contributed by atoms with Gasteiger partial charge < -0.3 is 10.6 Å². The molecule has 0 radical (unpaired) electrons. The number of piperidine rings is 1. The molecule has 0 spiro atoms. The molecule has 11 heteroatoms. The van der Waals surface area contributed by atoms with Crippen LogP contribution in [0.2, 0.25) is 0 Å². The Kier molecular flexibility index (Phi) is 8.22. The molecule has 3 N–H and O–H groups in total. The molecule has 1 aromatic carbocycles. The molecule has 0 amide bonds. The molecule has 2 aromatic rings. The number of nitrogens with one attached hydrogen (secondary N) is 1. The van der Waals surface area contributed by atoms with Crippen LogP contribution in [-0.2, 0) is 10.0 Å². The highest BCUT2D eigenvalue weighted by Gasteiger charge is 2.21. The monoisotopic (exact) mass is 440 g/mol. The maximum absolute atomic E-state index is 13.7. The van der Waals surface area contributed by atoms with Crippen molar-refractivity contribution in [2.24, 2.45) is 5.73 Å². The average molecular weight is 441 g/mol. The van der Waals surface area contributed by atoms with E-state index in [2.05, 4.69) is 14.6 Å². The van der Waals surface area contributed by atoms with Crippen molar-refractivity contribution in [1.29, 1.82) is 0 Å². The molecule has 27 heavy (non-hydrogen) atoms. The number of aromatic nitrogens is 1. The number of sulfonamides is 1. The lowest BCUT2D eigenvalue weighted by molar-refractivity contribution is 0.498. The standard InChI is InChI=1S/C16H18F2N4O2S.2ClH/c17-11-1-3-15(14(18)9-11)25(23,24)21-13-2-4-16(20-10-13)22-7-5-12(19)6-8-22;;/h1-4,9-10,12,21H,5-8,19H2;2*1H. The first-order valence-corrected chi connectivity index (χ1v) is 9.28. The van der Waals surface area contributed by atoms with Gasteiger partial charge in [0.2, 0.25) is 0 Å². The summed E-state index contributed by atoms with van der Waals surface area (Å²) < 4.78 is 53.3. The van der Waals surface area contributed by atoms with Gasteiger partial charge in [0.25, 0.3) is 10.0 Å². The maximum Gasteiger partial charge on any atom is 0.264 e. The molecule has 0 atom stereocenters. The minimum atomic E-state index is -4.17. The number of pyridine rings is 1. The Morgan fingerprint density at radius 1 is 1.11 bits per heavy atom. The molecule has 0 unspecified atom stereocenters. The molecule has 2 heterocycles. The van der Waals surface area contributed by atoms with E-state index < -0.39 is 26.6 Å². The molecule has 6 nitrogen and oxygen atoms in total. The molecular weight excluding hydrogens is 421 g/mol. The predicted octanol–water partition coefficient (Wildman–Crippen LogP) is 2.93. The summed E-state index contributed by atoms with van der Waals surface area (Å²) in [6, 6.07) is 5.74. The number of rotatable bonds is 4. The average Bonchev–Trinajstić information content (AvgIpc) is 2.55. The third-order valence-electron chi connectivity index (χ3n) is 4.05. The summed E-state index contributed by atoms with van der Waals surface area (Å²) in [7, 11) is -4.17. The van der Waals surface area contributed by atoms with E-state index in [4.69, 9.17) is 5.73 Å². The lowest BCUT2D eigenvalue weighted by Gasteiger charge is -2.31. The minimum absolute atomic E-state index is 0. The fraction of sp³-hybridized carbons (Fsp3) is 0.312. The van der Waals surface area contributed by atoms with Gasteiger partial charge in [0.1, 0.15) is 22.3 Å². The van der Waals surface area contributed by atoms with Crippen LogP contribution in [0.5, 0.6) is 0 Å². The van der Waals surface area contributed by atoms with Crippen LogP contribution in [0.15, 0.2) is 41.4 Å². The van der Waals surface area contributed by atoms with Crippen molar-refractivity contribution in [2.75, 3.05) is 22.7 Å². The number of hydrogen-bond donors (Lipinski definition) is 2. The van der Waals surface area contributed by atoms with E-state index >= 15 is 0 Å². The lowest BCUT2D eigenvalue weighted by Crippen LogP contribution is -2.40. The van der Waals surface area contributed by atoms with Gasteiger partial charge in [-0.1, -0.05) is 0 Å². The van der Waals surface area contributed by atoms with Crippen LogP contribution in [0, 0.1) is 11.6 Å². The van der Waals surface area contributed by atoms with Gasteiger partial charge in [-0.05, 0) is 37.1 Å². The van der Waals surface area contributed by atoms with Gasteiger partial charge >= 0.3 is 0 Å². The van der Waals surface area contributed by atoms with Gasteiger partial charge in [0, 0.05) is 25.2 Å². The fourth-order valence-electron chi connectivity index (χ4n) is 2.67. The van der Waals surface area contributed by atoms with Crippen molar-refractivity contribution in [1.82, 2.24) is 4.98 Å². The summed E-state index contributed by atoms with van der Waals surface area (Å²) in [5.41, 5.74) is 6.06. The van der Waals surface area contributed by atoms with Crippen molar-refractivity contribution in [3.63, 3.8) is 0 Å². The molecule has 1 fully saturated rings. The molecule has 0 saturated carbocycles. The first-order chi connectivity index (χ1) is 11.8. The topological polar surface area (TPSA) is 88.3 Å². The van der Waals surface area contributed by atoms with Crippen molar-refractivity contribution in [2.45, 2.75) is 23.8 Å². The highest BCUT2D eigenvalue weighted by molar-refractivity contribution is 7.92. The number of halogens is 4. The Morgan fingerprint density at radius 2 is 1.78 bits per heavy atom. The molecule has 1 aliphatic heterocycles. The molecule has 3 rings (SSSR count). The Morgan fingerprint density at radius 3 is 2.33 bits per heavy atom. The Hall–Kier alpha value is -1.68. The first kappa shape index (κ1) is 23.4. The van der Waals surface area contributed by atoms with E-state index in [1.54, 1.807) is 12.1 Å². The number of benzene rings is 1. The van der Waals surface area contributed by atoms with Crippen molar-refractivity contribution in [3.05, 3.63) is 48.2 Å². The van der Waals surface area contributed by atoms with Gasteiger partial charge in [-0.15, -0.1) is 24.8 Å². The van der Waals surface area contributed by atoms with E-state index in [1.165, 1.54) is 6.20 Å².